The number of hydrogen-bond acceptors (Lipinski definition) is 2. The van der Waals surface area contributed by atoms with Crippen molar-refractivity contribution in [2.24, 2.45) is 0 Å². The van der Waals surface area contributed by atoms with Crippen LogP contribution in [0.3, 0.4) is 0 Å². The molecule has 4 heteroatoms. The molecule has 0 fully saturated rings. The highest BCUT2D eigenvalue weighted by molar-refractivity contribution is 5.73. The van der Waals surface area contributed by atoms with Crippen LogP contribution in [0.5, 0.6) is 0 Å². The number of benzene rings is 2. The van der Waals surface area contributed by atoms with Gasteiger partial charge in [0.1, 0.15) is 11.6 Å². The van der Waals surface area contributed by atoms with Gasteiger partial charge in [0.2, 0.25) is 0 Å². The van der Waals surface area contributed by atoms with Crippen LogP contribution in [0.2, 0.25) is 0 Å². The maximum Gasteiger partial charge on any atom is 0.123 e. The number of rotatable bonds is 3. The van der Waals surface area contributed by atoms with Gasteiger partial charge >= 0.3 is 0 Å². The Hall–Kier alpha value is -2.59. The Bertz CT molecular complexity index is 783. The molecular formula is C18H13F2NO. The summed E-state index contributed by atoms with van der Waals surface area (Å²) in [5, 5.41) is 9.45. The van der Waals surface area contributed by atoms with E-state index in [0.29, 0.717) is 5.69 Å². The molecule has 0 amide bonds. The Balaban J connectivity index is 2.10. The van der Waals surface area contributed by atoms with Crippen molar-refractivity contribution in [2.75, 3.05) is 0 Å². The zero-order chi connectivity index (χ0) is 15.5. The Morgan fingerprint density at radius 2 is 1.32 bits per heavy atom. The summed E-state index contributed by atoms with van der Waals surface area (Å²) < 4.78 is 26.1. The van der Waals surface area contributed by atoms with Gasteiger partial charge in [-0.3, -0.25) is 4.98 Å². The molecule has 2 nitrogen and oxygen atoms in total. The maximum absolute atomic E-state index is 13.1. The monoisotopic (exact) mass is 297 g/mol. The number of nitrogens with zero attached hydrogens (tertiary/aromatic N) is 1. The van der Waals surface area contributed by atoms with Gasteiger partial charge in [-0.05, 0) is 41.5 Å². The molecule has 0 unspecified atom stereocenters. The third-order valence-corrected chi connectivity index (χ3v) is 3.45. The van der Waals surface area contributed by atoms with E-state index in [1.807, 2.05) is 6.07 Å². The molecule has 1 aromatic heterocycles. The second kappa shape index (κ2) is 6.03. The van der Waals surface area contributed by atoms with Gasteiger partial charge in [-0.25, -0.2) is 8.78 Å². The molecule has 0 atom stereocenters. The van der Waals surface area contributed by atoms with Gasteiger partial charge in [-0.2, -0.15) is 0 Å². The van der Waals surface area contributed by atoms with Gasteiger partial charge in [-0.1, -0.05) is 24.3 Å². The van der Waals surface area contributed by atoms with E-state index in [4.69, 9.17) is 0 Å². The highest BCUT2D eigenvalue weighted by Gasteiger charge is 2.09. The Morgan fingerprint density at radius 3 is 1.86 bits per heavy atom. The van der Waals surface area contributed by atoms with Gasteiger partial charge < -0.3 is 5.11 Å². The van der Waals surface area contributed by atoms with Gasteiger partial charge in [0.25, 0.3) is 0 Å². The van der Waals surface area contributed by atoms with Crippen molar-refractivity contribution < 1.29 is 13.9 Å². The molecule has 0 saturated heterocycles. The summed E-state index contributed by atoms with van der Waals surface area (Å²) in [5.41, 5.74) is 3.63. The first-order valence-electron chi connectivity index (χ1n) is 6.79. The fourth-order valence-corrected chi connectivity index (χ4v) is 2.30. The fourth-order valence-electron chi connectivity index (χ4n) is 2.30. The molecule has 110 valence electrons. The molecule has 0 aliphatic rings. The van der Waals surface area contributed by atoms with Crippen LogP contribution in [-0.2, 0) is 6.61 Å². The van der Waals surface area contributed by atoms with E-state index in [1.165, 1.54) is 24.3 Å². The first-order chi connectivity index (χ1) is 10.7. The predicted octanol–water partition coefficient (Wildman–Crippen LogP) is 4.19. The van der Waals surface area contributed by atoms with E-state index in [1.54, 1.807) is 30.5 Å². The first-order valence-corrected chi connectivity index (χ1v) is 6.79. The smallest absolute Gasteiger partial charge is 0.123 e. The summed E-state index contributed by atoms with van der Waals surface area (Å²) in [6.07, 6.45) is 1.63. The Kier molecular flexibility index (Phi) is 3.94. The van der Waals surface area contributed by atoms with E-state index in [0.717, 1.165) is 22.3 Å². The average molecular weight is 297 g/mol. The standard InChI is InChI=1S/C18H13F2NO/c19-15-5-1-12(2-6-15)14-9-17(18(11-22)21-10-14)13-3-7-16(20)8-4-13/h1-10,22H,11H2. The highest BCUT2D eigenvalue weighted by atomic mass is 19.1. The lowest BCUT2D eigenvalue weighted by Gasteiger charge is -2.10. The van der Waals surface area contributed by atoms with Crippen LogP contribution in [0.15, 0.2) is 60.8 Å². The molecule has 0 radical (unpaired) electrons. The number of halogens is 2. The van der Waals surface area contributed by atoms with Crippen molar-refractivity contribution in [3.63, 3.8) is 0 Å². The topological polar surface area (TPSA) is 33.1 Å². The SMILES string of the molecule is OCc1ncc(-c2ccc(F)cc2)cc1-c1ccc(F)cc1. The minimum absolute atomic E-state index is 0.212. The summed E-state index contributed by atoms with van der Waals surface area (Å²) in [5.74, 6) is -0.626. The van der Waals surface area contributed by atoms with Crippen molar-refractivity contribution in [2.45, 2.75) is 6.61 Å². The Labute approximate surface area is 126 Å². The van der Waals surface area contributed by atoms with Crippen molar-refractivity contribution >= 4 is 0 Å². The molecule has 0 aliphatic heterocycles. The first kappa shape index (κ1) is 14.4. The molecule has 0 spiro atoms. The van der Waals surface area contributed by atoms with E-state index in [-0.39, 0.29) is 18.2 Å². The highest BCUT2D eigenvalue weighted by Crippen LogP contribution is 2.28. The van der Waals surface area contributed by atoms with Gasteiger partial charge in [0, 0.05) is 17.3 Å². The molecule has 0 bridgehead atoms. The molecule has 3 aromatic rings. The van der Waals surface area contributed by atoms with Crippen molar-refractivity contribution in [3.05, 3.63) is 78.1 Å². The minimum atomic E-state index is -0.322. The van der Waals surface area contributed by atoms with Gasteiger partial charge in [-0.15, -0.1) is 0 Å². The van der Waals surface area contributed by atoms with Crippen LogP contribution in [0.4, 0.5) is 8.78 Å². The van der Waals surface area contributed by atoms with Crippen LogP contribution in [-0.4, -0.2) is 10.1 Å². The number of pyridine rings is 1. The van der Waals surface area contributed by atoms with E-state index in [2.05, 4.69) is 4.98 Å². The number of hydrogen-bond donors (Lipinski definition) is 1. The summed E-state index contributed by atoms with van der Waals surface area (Å²) in [4.78, 5) is 4.26. The van der Waals surface area contributed by atoms with Gasteiger partial charge in [0.05, 0.1) is 12.3 Å². The minimum Gasteiger partial charge on any atom is -0.390 e. The quantitative estimate of drug-likeness (QED) is 0.786. The summed E-state index contributed by atoms with van der Waals surface area (Å²) in [6, 6.07) is 14.0. The van der Waals surface area contributed by atoms with Crippen molar-refractivity contribution in [1.29, 1.82) is 0 Å². The van der Waals surface area contributed by atoms with E-state index in [9.17, 15) is 13.9 Å². The lowest BCUT2D eigenvalue weighted by atomic mass is 9.99. The predicted molar refractivity (Wildman–Crippen MR) is 80.9 cm³/mol. The zero-order valence-electron chi connectivity index (χ0n) is 11.6. The van der Waals surface area contributed by atoms with Gasteiger partial charge in [0.15, 0.2) is 0 Å². The van der Waals surface area contributed by atoms with Crippen LogP contribution in [0, 0.1) is 11.6 Å². The lowest BCUT2D eigenvalue weighted by Crippen LogP contribution is -1.95. The second-order valence-corrected chi connectivity index (χ2v) is 4.89. The number of aromatic nitrogens is 1. The zero-order valence-corrected chi connectivity index (χ0v) is 11.6. The number of aliphatic hydroxyl groups is 1. The lowest BCUT2D eigenvalue weighted by molar-refractivity contribution is 0.277. The third-order valence-electron chi connectivity index (χ3n) is 3.45. The summed E-state index contributed by atoms with van der Waals surface area (Å²) >= 11 is 0. The van der Waals surface area contributed by atoms with Crippen LogP contribution in [0.25, 0.3) is 22.3 Å². The fraction of sp³-hybridized carbons (Fsp3) is 0.0556. The average Bonchev–Trinajstić information content (AvgIpc) is 2.56. The van der Waals surface area contributed by atoms with Crippen molar-refractivity contribution in [1.82, 2.24) is 4.98 Å². The molecule has 22 heavy (non-hydrogen) atoms. The maximum atomic E-state index is 13.1. The normalized spacial score (nSPS) is 10.7. The van der Waals surface area contributed by atoms with Crippen LogP contribution >= 0.6 is 0 Å². The molecule has 1 heterocycles. The molecule has 0 saturated carbocycles. The van der Waals surface area contributed by atoms with Crippen LogP contribution < -0.4 is 0 Å². The van der Waals surface area contributed by atoms with Crippen LogP contribution in [0.1, 0.15) is 5.69 Å². The van der Waals surface area contributed by atoms with Crippen molar-refractivity contribution in [3.8, 4) is 22.3 Å². The van der Waals surface area contributed by atoms with E-state index >= 15 is 0 Å². The summed E-state index contributed by atoms with van der Waals surface area (Å²) in [6.45, 7) is -0.212. The molecule has 3 rings (SSSR count). The third kappa shape index (κ3) is 2.87. The Morgan fingerprint density at radius 1 is 0.773 bits per heavy atom. The molecule has 1 N–H and O–H groups in total. The molecule has 0 aliphatic carbocycles. The molecular weight excluding hydrogens is 284 g/mol. The molecule has 2 aromatic carbocycles. The second-order valence-electron chi connectivity index (χ2n) is 4.89. The summed E-state index contributed by atoms with van der Waals surface area (Å²) in [7, 11) is 0. The number of aliphatic hydroxyl groups excluding tert-OH is 1. The van der Waals surface area contributed by atoms with E-state index < -0.39 is 0 Å². The largest absolute Gasteiger partial charge is 0.390 e.